The third-order valence-electron chi connectivity index (χ3n) is 3.42. The first-order valence-electron chi connectivity index (χ1n) is 5.77. The molecular weight excluding hydrogens is 285 g/mol. The van der Waals surface area contributed by atoms with Gasteiger partial charge in [-0.1, -0.05) is 34.8 Å². The quantitative estimate of drug-likeness (QED) is 0.932. The highest BCUT2D eigenvalue weighted by atomic mass is 79.9. The van der Waals surface area contributed by atoms with Crippen LogP contribution in [-0.2, 0) is 11.2 Å². The Balaban J connectivity index is 2.13. The number of nitrogens with two attached hydrogens (primary N) is 1. The molecule has 0 saturated heterocycles. The summed E-state index contributed by atoms with van der Waals surface area (Å²) in [5, 5.41) is 0. The number of carbonyl (C=O) groups is 1. The average Bonchev–Trinajstić information content (AvgIpc) is 2.71. The van der Waals surface area contributed by atoms with Gasteiger partial charge in [0.05, 0.1) is 5.54 Å². The Bertz CT molecular complexity index is 441. The van der Waals surface area contributed by atoms with Crippen LogP contribution in [0.15, 0.2) is 22.7 Å². The first kappa shape index (κ1) is 12.7. The Morgan fingerprint density at radius 3 is 2.65 bits per heavy atom. The highest BCUT2D eigenvalue weighted by Gasteiger charge is 2.36. The minimum absolute atomic E-state index is 0.0452. The van der Waals surface area contributed by atoms with E-state index in [-0.39, 0.29) is 18.0 Å². The third-order valence-corrected chi connectivity index (χ3v) is 3.91. The Morgan fingerprint density at radius 2 is 2.06 bits per heavy atom. The summed E-state index contributed by atoms with van der Waals surface area (Å²) in [4.78, 5) is 12.1. The SMILES string of the molecule is NC1(C(=O)Cc2ccc(Br)cc2F)CCCC1. The van der Waals surface area contributed by atoms with Crippen molar-refractivity contribution in [1.29, 1.82) is 0 Å². The fourth-order valence-electron chi connectivity index (χ4n) is 2.30. The number of carbonyl (C=O) groups excluding carboxylic acids is 1. The molecule has 0 unspecified atom stereocenters. The van der Waals surface area contributed by atoms with Crippen LogP contribution >= 0.6 is 15.9 Å². The maximum atomic E-state index is 13.6. The van der Waals surface area contributed by atoms with E-state index in [0.29, 0.717) is 10.0 Å². The molecule has 0 bridgehead atoms. The van der Waals surface area contributed by atoms with Crippen molar-refractivity contribution in [2.45, 2.75) is 37.6 Å². The number of benzene rings is 1. The van der Waals surface area contributed by atoms with Crippen LogP contribution in [-0.4, -0.2) is 11.3 Å². The van der Waals surface area contributed by atoms with Gasteiger partial charge >= 0.3 is 0 Å². The predicted octanol–water partition coefficient (Wildman–Crippen LogP) is 2.97. The van der Waals surface area contributed by atoms with Crippen molar-refractivity contribution >= 4 is 21.7 Å². The molecule has 0 spiro atoms. The lowest BCUT2D eigenvalue weighted by Crippen LogP contribution is -2.46. The van der Waals surface area contributed by atoms with Crippen molar-refractivity contribution in [3.8, 4) is 0 Å². The van der Waals surface area contributed by atoms with Crippen LogP contribution < -0.4 is 5.73 Å². The third kappa shape index (κ3) is 2.75. The second-order valence-corrected chi connectivity index (χ2v) is 5.61. The van der Waals surface area contributed by atoms with Crippen LogP contribution in [0, 0.1) is 5.82 Å². The minimum atomic E-state index is -0.723. The fourth-order valence-corrected chi connectivity index (χ4v) is 2.63. The van der Waals surface area contributed by atoms with Crippen molar-refractivity contribution in [2.75, 3.05) is 0 Å². The number of halogens is 2. The highest BCUT2D eigenvalue weighted by molar-refractivity contribution is 9.10. The van der Waals surface area contributed by atoms with E-state index in [1.165, 1.54) is 6.07 Å². The zero-order valence-electron chi connectivity index (χ0n) is 9.51. The van der Waals surface area contributed by atoms with Gasteiger partial charge in [-0.05, 0) is 30.5 Å². The molecule has 1 aromatic carbocycles. The Hall–Kier alpha value is -0.740. The molecule has 0 aliphatic heterocycles. The molecule has 0 radical (unpaired) electrons. The van der Waals surface area contributed by atoms with Crippen molar-refractivity contribution in [2.24, 2.45) is 5.73 Å². The van der Waals surface area contributed by atoms with Crippen LogP contribution in [0.2, 0.25) is 0 Å². The van der Waals surface area contributed by atoms with Gasteiger partial charge in [0.25, 0.3) is 0 Å². The Kier molecular flexibility index (Phi) is 3.64. The normalized spacial score (nSPS) is 18.3. The standard InChI is InChI=1S/C13H15BrFNO/c14-10-4-3-9(11(15)8-10)7-12(17)13(16)5-1-2-6-13/h3-4,8H,1-2,5-7,16H2. The van der Waals surface area contributed by atoms with Gasteiger partial charge in [-0.3, -0.25) is 4.79 Å². The van der Waals surface area contributed by atoms with E-state index in [1.807, 2.05) is 0 Å². The molecule has 4 heteroatoms. The fraction of sp³-hybridized carbons (Fsp3) is 0.462. The molecular formula is C13H15BrFNO. The number of rotatable bonds is 3. The van der Waals surface area contributed by atoms with E-state index in [1.54, 1.807) is 12.1 Å². The number of hydrogen-bond acceptors (Lipinski definition) is 2. The van der Waals surface area contributed by atoms with E-state index >= 15 is 0 Å². The summed E-state index contributed by atoms with van der Waals surface area (Å²) in [6.45, 7) is 0. The van der Waals surface area contributed by atoms with Gasteiger partial charge in [0, 0.05) is 10.9 Å². The second kappa shape index (κ2) is 4.86. The molecule has 1 aliphatic rings. The van der Waals surface area contributed by atoms with Gasteiger partial charge in [-0.25, -0.2) is 4.39 Å². The van der Waals surface area contributed by atoms with Gasteiger partial charge in [0.2, 0.25) is 0 Å². The zero-order valence-corrected chi connectivity index (χ0v) is 11.1. The molecule has 1 aliphatic carbocycles. The smallest absolute Gasteiger partial charge is 0.157 e. The second-order valence-electron chi connectivity index (χ2n) is 4.70. The lowest BCUT2D eigenvalue weighted by Gasteiger charge is -2.21. The molecule has 0 aromatic heterocycles. The first-order chi connectivity index (χ1) is 8.01. The van der Waals surface area contributed by atoms with E-state index < -0.39 is 5.54 Å². The van der Waals surface area contributed by atoms with Crippen LogP contribution in [0.3, 0.4) is 0 Å². The van der Waals surface area contributed by atoms with E-state index in [2.05, 4.69) is 15.9 Å². The van der Waals surface area contributed by atoms with E-state index in [0.717, 1.165) is 25.7 Å². The van der Waals surface area contributed by atoms with Gasteiger partial charge < -0.3 is 5.73 Å². The molecule has 1 saturated carbocycles. The van der Waals surface area contributed by atoms with E-state index in [9.17, 15) is 9.18 Å². The minimum Gasteiger partial charge on any atom is -0.319 e. The number of Topliss-reactive ketones (excluding diaryl/α,β-unsaturated/α-hetero) is 1. The molecule has 0 heterocycles. The molecule has 2 N–H and O–H groups in total. The average molecular weight is 300 g/mol. The predicted molar refractivity (Wildman–Crippen MR) is 68.2 cm³/mol. The molecule has 0 amide bonds. The van der Waals surface area contributed by atoms with Gasteiger partial charge in [0.15, 0.2) is 5.78 Å². The topological polar surface area (TPSA) is 43.1 Å². The van der Waals surface area contributed by atoms with E-state index in [4.69, 9.17) is 5.73 Å². The van der Waals surface area contributed by atoms with Gasteiger partial charge in [0.1, 0.15) is 5.82 Å². The molecule has 92 valence electrons. The summed E-state index contributed by atoms with van der Waals surface area (Å²) < 4.78 is 14.3. The Labute approximate surface area is 109 Å². The van der Waals surface area contributed by atoms with Gasteiger partial charge in [-0.15, -0.1) is 0 Å². The van der Waals surface area contributed by atoms with Crippen molar-refractivity contribution in [1.82, 2.24) is 0 Å². The largest absolute Gasteiger partial charge is 0.319 e. The summed E-state index contributed by atoms with van der Waals surface area (Å²) in [5.41, 5.74) is 5.75. The van der Waals surface area contributed by atoms with Crippen LogP contribution in [0.4, 0.5) is 4.39 Å². The summed E-state index contributed by atoms with van der Waals surface area (Å²) >= 11 is 3.19. The maximum Gasteiger partial charge on any atom is 0.157 e. The van der Waals surface area contributed by atoms with Crippen molar-refractivity contribution in [3.63, 3.8) is 0 Å². The van der Waals surface area contributed by atoms with Crippen LogP contribution in [0.25, 0.3) is 0 Å². The molecule has 0 atom stereocenters. The summed E-state index contributed by atoms with van der Waals surface area (Å²) in [6.07, 6.45) is 3.53. The molecule has 1 fully saturated rings. The molecule has 2 nitrogen and oxygen atoms in total. The Morgan fingerprint density at radius 1 is 1.41 bits per heavy atom. The number of hydrogen-bond donors (Lipinski definition) is 1. The molecule has 1 aromatic rings. The monoisotopic (exact) mass is 299 g/mol. The van der Waals surface area contributed by atoms with Crippen LogP contribution in [0.5, 0.6) is 0 Å². The number of ketones is 1. The van der Waals surface area contributed by atoms with Crippen molar-refractivity contribution in [3.05, 3.63) is 34.1 Å². The van der Waals surface area contributed by atoms with Crippen LogP contribution in [0.1, 0.15) is 31.2 Å². The molecule has 17 heavy (non-hydrogen) atoms. The van der Waals surface area contributed by atoms with Gasteiger partial charge in [-0.2, -0.15) is 0 Å². The molecule has 2 rings (SSSR count). The zero-order chi connectivity index (χ0) is 12.5. The summed E-state index contributed by atoms with van der Waals surface area (Å²) in [5.74, 6) is -0.398. The lowest BCUT2D eigenvalue weighted by molar-refractivity contribution is -0.123. The lowest BCUT2D eigenvalue weighted by atomic mass is 9.89. The maximum absolute atomic E-state index is 13.6. The van der Waals surface area contributed by atoms with Crippen molar-refractivity contribution < 1.29 is 9.18 Å². The highest BCUT2D eigenvalue weighted by Crippen LogP contribution is 2.29. The summed E-state index contributed by atoms with van der Waals surface area (Å²) in [7, 11) is 0. The first-order valence-corrected chi connectivity index (χ1v) is 6.57. The summed E-state index contributed by atoms with van der Waals surface area (Å²) in [6, 6.07) is 4.75.